The number of nitrogens with zero attached hydrogens (tertiary/aromatic N) is 4. The van der Waals surface area contributed by atoms with Crippen LogP contribution in [0, 0.1) is 6.92 Å². The maximum absolute atomic E-state index is 12.1. The van der Waals surface area contributed by atoms with E-state index in [1.165, 1.54) is 30.3 Å². The van der Waals surface area contributed by atoms with Crippen molar-refractivity contribution in [2.75, 3.05) is 0 Å². The van der Waals surface area contributed by atoms with Crippen molar-refractivity contribution in [2.24, 2.45) is 20.5 Å². The van der Waals surface area contributed by atoms with Crippen molar-refractivity contribution in [3.8, 4) is 11.5 Å². The molecule has 4 rings (SSSR count). The van der Waals surface area contributed by atoms with E-state index in [0.29, 0.717) is 12.1 Å². The van der Waals surface area contributed by atoms with Crippen LogP contribution in [0.1, 0.15) is 15.9 Å². The molecule has 206 valence electrons. The molecule has 16 heteroatoms. The Balaban J connectivity index is 2.04. The number of benzene rings is 4. The van der Waals surface area contributed by atoms with Crippen LogP contribution in [0.15, 0.2) is 90.9 Å². The molecular formula is C24H18N4O10S2. The Bertz CT molecular complexity index is 1970. The molecule has 0 radical (unpaired) electrons. The summed E-state index contributed by atoms with van der Waals surface area (Å²) in [6.07, 6.45) is 0. The lowest BCUT2D eigenvalue weighted by Crippen LogP contribution is -2.02. The molecule has 0 saturated carbocycles. The standard InChI is InChI=1S/C24H18N4O10S2/c1-12-5-4-6-14(9-12)25-27-20-17(39(33,34)35)10-13-11-18(40(36,37)38)21(23(30)19(13)22(20)29)28-26-16-8-3-2-7-15(16)24(31)32/h2-11,29-30H,1H3,(H,31,32)(H,33,34,35)(H,36,37,38). The Labute approximate surface area is 226 Å². The largest absolute Gasteiger partial charge is 0.505 e. The Kier molecular flexibility index (Phi) is 7.36. The number of phenols is 2. The first-order chi connectivity index (χ1) is 18.7. The molecule has 5 N–H and O–H groups in total. The van der Waals surface area contributed by atoms with Crippen molar-refractivity contribution in [3.05, 3.63) is 71.8 Å². The van der Waals surface area contributed by atoms with Gasteiger partial charge in [0.1, 0.15) is 26.9 Å². The van der Waals surface area contributed by atoms with Crippen LogP contribution in [0.3, 0.4) is 0 Å². The summed E-state index contributed by atoms with van der Waals surface area (Å²) >= 11 is 0. The second-order valence-corrected chi connectivity index (χ2v) is 11.0. The lowest BCUT2D eigenvalue weighted by atomic mass is 10.1. The lowest BCUT2D eigenvalue weighted by Gasteiger charge is -2.13. The summed E-state index contributed by atoms with van der Waals surface area (Å²) in [5.74, 6) is -3.51. The first-order valence-electron chi connectivity index (χ1n) is 10.9. The van der Waals surface area contributed by atoms with Gasteiger partial charge in [-0.3, -0.25) is 9.11 Å². The zero-order valence-electron chi connectivity index (χ0n) is 20.2. The number of carbonyl (C=O) groups is 1. The number of aromatic hydroxyl groups is 2. The first kappa shape index (κ1) is 28.2. The molecule has 0 spiro atoms. The van der Waals surface area contributed by atoms with E-state index in [2.05, 4.69) is 20.5 Å². The van der Waals surface area contributed by atoms with Crippen LogP contribution in [0.5, 0.6) is 11.5 Å². The molecule has 0 saturated heterocycles. The van der Waals surface area contributed by atoms with E-state index >= 15 is 0 Å². The van der Waals surface area contributed by atoms with Gasteiger partial charge in [0, 0.05) is 0 Å². The molecule has 0 heterocycles. The van der Waals surface area contributed by atoms with E-state index in [4.69, 9.17) is 0 Å². The van der Waals surface area contributed by atoms with Gasteiger partial charge in [0.2, 0.25) is 0 Å². The van der Waals surface area contributed by atoms with Crippen LogP contribution in [-0.2, 0) is 20.2 Å². The van der Waals surface area contributed by atoms with E-state index in [9.17, 15) is 46.1 Å². The number of hydrogen-bond acceptors (Lipinski definition) is 11. The van der Waals surface area contributed by atoms with Crippen molar-refractivity contribution < 1.29 is 46.1 Å². The molecule has 0 aliphatic heterocycles. The summed E-state index contributed by atoms with van der Waals surface area (Å²) in [4.78, 5) is 9.42. The number of rotatable bonds is 7. The topological polar surface area (TPSA) is 236 Å². The summed E-state index contributed by atoms with van der Waals surface area (Å²) in [5.41, 5.74) is -1.24. The SMILES string of the molecule is Cc1cccc(N=Nc2c(S(=O)(=O)O)cc3cc(S(=O)(=O)O)c(N=Nc4ccccc4C(=O)O)c(O)c3c2O)c1. The summed E-state index contributed by atoms with van der Waals surface area (Å²) in [6, 6.07) is 13.1. The van der Waals surface area contributed by atoms with E-state index in [-0.39, 0.29) is 16.9 Å². The third kappa shape index (κ3) is 5.64. The Morgan fingerprint density at radius 1 is 0.725 bits per heavy atom. The van der Waals surface area contributed by atoms with Crippen molar-refractivity contribution in [1.82, 2.24) is 0 Å². The monoisotopic (exact) mass is 586 g/mol. The molecule has 0 fully saturated rings. The van der Waals surface area contributed by atoms with Gasteiger partial charge in [-0.15, -0.1) is 15.3 Å². The normalized spacial score (nSPS) is 12.5. The Hall–Kier alpha value is -4.77. The summed E-state index contributed by atoms with van der Waals surface area (Å²) < 4.78 is 68.1. The molecule has 0 unspecified atom stereocenters. The number of phenolic OH excluding ortho intramolecular Hbond substituents is 2. The van der Waals surface area contributed by atoms with Gasteiger partial charge >= 0.3 is 5.97 Å². The number of carboxylic acid groups (broad SMARTS) is 1. The van der Waals surface area contributed by atoms with Crippen LogP contribution in [0.2, 0.25) is 0 Å². The molecule has 14 nitrogen and oxygen atoms in total. The zero-order chi connectivity index (χ0) is 29.4. The van der Waals surface area contributed by atoms with E-state index < -0.39 is 69.6 Å². The summed E-state index contributed by atoms with van der Waals surface area (Å²) in [6.45, 7) is 1.76. The highest BCUT2D eigenvalue weighted by atomic mass is 32.2. The Morgan fingerprint density at radius 2 is 1.27 bits per heavy atom. The van der Waals surface area contributed by atoms with Gasteiger partial charge in [0.25, 0.3) is 20.2 Å². The number of aryl methyl sites for hydroxylation is 1. The number of aromatic carboxylic acids is 1. The molecule has 0 aliphatic carbocycles. The minimum Gasteiger partial charge on any atom is -0.505 e. The average molecular weight is 587 g/mol. The molecule has 0 aliphatic rings. The van der Waals surface area contributed by atoms with E-state index in [1.54, 1.807) is 25.1 Å². The molecule has 0 aromatic heterocycles. The van der Waals surface area contributed by atoms with Gasteiger partial charge in [-0.1, -0.05) is 24.3 Å². The van der Waals surface area contributed by atoms with E-state index in [0.717, 1.165) is 5.56 Å². The third-order valence-electron chi connectivity index (χ3n) is 5.47. The Morgan fingerprint density at radius 3 is 1.80 bits per heavy atom. The van der Waals surface area contributed by atoms with Crippen LogP contribution in [0.4, 0.5) is 22.7 Å². The van der Waals surface area contributed by atoms with Crippen molar-refractivity contribution in [3.63, 3.8) is 0 Å². The number of hydrogen-bond donors (Lipinski definition) is 5. The highest BCUT2D eigenvalue weighted by molar-refractivity contribution is 7.86. The average Bonchev–Trinajstić information content (AvgIpc) is 2.86. The van der Waals surface area contributed by atoms with Gasteiger partial charge in [-0.05, 0) is 54.3 Å². The van der Waals surface area contributed by atoms with Gasteiger partial charge in [-0.2, -0.15) is 21.9 Å². The maximum atomic E-state index is 12.1. The van der Waals surface area contributed by atoms with Crippen LogP contribution >= 0.6 is 0 Å². The predicted molar refractivity (Wildman–Crippen MR) is 140 cm³/mol. The molecule has 0 bridgehead atoms. The fraction of sp³-hybridized carbons (Fsp3) is 0.0417. The molecule has 4 aromatic rings. The summed E-state index contributed by atoms with van der Waals surface area (Å²) in [7, 11) is -10.3. The van der Waals surface area contributed by atoms with Crippen molar-refractivity contribution in [1.29, 1.82) is 0 Å². The molecule has 0 amide bonds. The highest BCUT2D eigenvalue weighted by Crippen LogP contribution is 2.50. The molecule has 4 aromatic carbocycles. The van der Waals surface area contributed by atoms with Crippen LogP contribution in [-0.4, -0.2) is 47.2 Å². The molecule has 40 heavy (non-hydrogen) atoms. The second-order valence-electron chi connectivity index (χ2n) is 8.25. The molecular weight excluding hydrogens is 568 g/mol. The van der Waals surface area contributed by atoms with Gasteiger partial charge in [0.05, 0.1) is 16.6 Å². The third-order valence-corrected chi connectivity index (χ3v) is 7.20. The van der Waals surface area contributed by atoms with E-state index in [1.807, 2.05) is 0 Å². The minimum absolute atomic E-state index is 0.241. The van der Waals surface area contributed by atoms with Crippen molar-refractivity contribution >= 4 is 59.7 Å². The second kappa shape index (κ2) is 10.4. The van der Waals surface area contributed by atoms with Crippen LogP contribution < -0.4 is 0 Å². The first-order valence-corrected chi connectivity index (χ1v) is 13.8. The quantitative estimate of drug-likeness (QED) is 0.133. The molecule has 0 atom stereocenters. The van der Waals surface area contributed by atoms with Crippen molar-refractivity contribution in [2.45, 2.75) is 16.7 Å². The number of carboxylic acids is 1. The fourth-order valence-corrected chi connectivity index (χ4v) is 5.01. The minimum atomic E-state index is -5.17. The predicted octanol–water partition coefficient (Wildman–Crippen LogP) is 5.58. The van der Waals surface area contributed by atoms with Gasteiger partial charge in [0.15, 0.2) is 11.5 Å². The number of fused-ring (bicyclic) bond motifs is 1. The van der Waals surface area contributed by atoms with Crippen LogP contribution in [0.25, 0.3) is 10.8 Å². The summed E-state index contributed by atoms with van der Waals surface area (Å²) in [5, 5.41) is 45.2. The smallest absolute Gasteiger partial charge is 0.337 e. The zero-order valence-corrected chi connectivity index (χ0v) is 21.8. The van der Waals surface area contributed by atoms with Gasteiger partial charge < -0.3 is 15.3 Å². The lowest BCUT2D eigenvalue weighted by molar-refractivity contribution is 0.0697. The fourth-order valence-electron chi connectivity index (χ4n) is 3.69. The van der Waals surface area contributed by atoms with Gasteiger partial charge in [-0.25, -0.2) is 4.79 Å². The maximum Gasteiger partial charge on any atom is 0.337 e. The highest BCUT2D eigenvalue weighted by Gasteiger charge is 2.29. The number of azo groups is 2.